The Morgan fingerprint density at radius 2 is 0.968 bits per heavy atom. The minimum atomic E-state index is -0.131. The number of anilines is 3. The number of hydrogen-bond acceptors (Lipinski definition) is 2. The molecule has 0 amide bonds. The summed E-state index contributed by atoms with van der Waals surface area (Å²) in [6.07, 6.45) is 0. The fourth-order valence-electron chi connectivity index (χ4n) is 9.57. The van der Waals surface area contributed by atoms with E-state index in [1.807, 2.05) is 18.2 Å². The van der Waals surface area contributed by atoms with E-state index < -0.39 is 0 Å². The molecule has 0 N–H and O–H groups in total. The molecule has 62 heavy (non-hydrogen) atoms. The molecule has 2 heteroatoms. The van der Waals surface area contributed by atoms with Gasteiger partial charge in [0.2, 0.25) is 0 Å². The maximum absolute atomic E-state index is 6.79. The minimum absolute atomic E-state index is 0.131. The summed E-state index contributed by atoms with van der Waals surface area (Å²) >= 11 is 0. The van der Waals surface area contributed by atoms with Crippen LogP contribution in [0.4, 0.5) is 17.1 Å². The maximum atomic E-state index is 6.79. The average molecular weight is 800 g/mol. The molecule has 0 aliphatic heterocycles. The van der Waals surface area contributed by atoms with Gasteiger partial charge in [-0.15, -0.1) is 0 Å². The quantitative estimate of drug-likeness (QED) is 0.167. The molecule has 1 aliphatic rings. The minimum Gasteiger partial charge on any atom is -0.456 e. The summed E-state index contributed by atoms with van der Waals surface area (Å²) in [5.41, 5.74) is 21.3. The zero-order valence-electron chi connectivity index (χ0n) is 36.0. The largest absolute Gasteiger partial charge is 0.456 e. The number of rotatable bonds is 6. The van der Waals surface area contributed by atoms with E-state index in [1.165, 1.54) is 66.8 Å². The van der Waals surface area contributed by atoms with Crippen molar-refractivity contribution >= 4 is 39.0 Å². The third-order valence-electron chi connectivity index (χ3n) is 12.7. The first kappa shape index (κ1) is 38.8. The SMILES string of the molecule is Cc1ccccc1.Cc1ccccc1-c1ccc(-c2ccc3c(c2)oc2cccc(N(c4ccccc4-c4ccccc4)c4cccc5c4-c4ccccc4C5(C)C)c23)cc1C. The van der Waals surface area contributed by atoms with Gasteiger partial charge >= 0.3 is 0 Å². The van der Waals surface area contributed by atoms with E-state index >= 15 is 0 Å². The number of fused-ring (bicyclic) bond motifs is 6. The van der Waals surface area contributed by atoms with E-state index in [9.17, 15) is 0 Å². The molecule has 0 saturated carbocycles. The molecule has 1 aromatic heterocycles. The van der Waals surface area contributed by atoms with Crippen LogP contribution >= 0.6 is 0 Å². The number of para-hydroxylation sites is 1. The van der Waals surface area contributed by atoms with Crippen LogP contribution in [0.3, 0.4) is 0 Å². The van der Waals surface area contributed by atoms with E-state index in [-0.39, 0.29) is 5.41 Å². The smallest absolute Gasteiger partial charge is 0.137 e. The van der Waals surface area contributed by atoms with Crippen LogP contribution in [0, 0.1) is 20.8 Å². The molecule has 0 bridgehead atoms. The number of nitrogens with zero attached hydrogens (tertiary/aromatic N) is 1. The van der Waals surface area contributed by atoms with Gasteiger partial charge in [-0.05, 0) is 113 Å². The highest BCUT2D eigenvalue weighted by molar-refractivity contribution is 6.15. The Hall–Kier alpha value is -7.42. The Bertz CT molecular complexity index is 3240. The molecule has 0 saturated heterocycles. The van der Waals surface area contributed by atoms with Gasteiger partial charge in [-0.25, -0.2) is 0 Å². The van der Waals surface area contributed by atoms with E-state index in [4.69, 9.17) is 4.42 Å². The Morgan fingerprint density at radius 1 is 0.387 bits per heavy atom. The van der Waals surface area contributed by atoms with Gasteiger partial charge in [0.15, 0.2) is 0 Å². The fourth-order valence-corrected chi connectivity index (χ4v) is 9.57. The highest BCUT2D eigenvalue weighted by atomic mass is 16.3. The molecule has 1 aliphatic carbocycles. The van der Waals surface area contributed by atoms with Crippen molar-refractivity contribution in [3.05, 3.63) is 234 Å². The molecule has 9 aromatic carbocycles. The zero-order chi connectivity index (χ0) is 42.4. The van der Waals surface area contributed by atoms with Crippen LogP contribution in [0.25, 0.3) is 66.4 Å². The lowest BCUT2D eigenvalue weighted by molar-refractivity contribution is 0.660. The maximum Gasteiger partial charge on any atom is 0.137 e. The van der Waals surface area contributed by atoms with Crippen molar-refractivity contribution in [2.75, 3.05) is 4.90 Å². The van der Waals surface area contributed by atoms with Crippen molar-refractivity contribution < 1.29 is 4.42 Å². The van der Waals surface area contributed by atoms with Crippen LogP contribution in [-0.4, -0.2) is 0 Å². The molecule has 300 valence electrons. The van der Waals surface area contributed by atoms with Gasteiger partial charge in [-0.3, -0.25) is 0 Å². The number of benzene rings is 9. The molecule has 0 atom stereocenters. The first-order chi connectivity index (χ1) is 30.3. The lowest BCUT2D eigenvalue weighted by Crippen LogP contribution is -2.16. The Balaban J connectivity index is 0.000000598. The van der Waals surface area contributed by atoms with Crippen molar-refractivity contribution in [2.45, 2.75) is 40.0 Å². The zero-order valence-corrected chi connectivity index (χ0v) is 36.0. The molecule has 11 rings (SSSR count). The molecule has 0 spiro atoms. The summed E-state index contributed by atoms with van der Waals surface area (Å²) in [7, 11) is 0. The van der Waals surface area contributed by atoms with Crippen LogP contribution in [0.15, 0.2) is 211 Å². The van der Waals surface area contributed by atoms with Crippen LogP contribution in [0.1, 0.15) is 41.7 Å². The first-order valence-corrected chi connectivity index (χ1v) is 21.6. The third-order valence-corrected chi connectivity index (χ3v) is 12.7. The van der Waals surface area contributed by atoms with Gasteiger partial charge in [-0.1, -0.05) is 189 Å². The van der Waals surface area contributed by atoms with Gasteiger partial charge < -0.3 is 9.32 Å². The van der Waals surface area contributed by atoms with E-state index in [0.29, 0.717) is 0 Å². The molecular weight excluding hydrogens is 751 g/mol. The van der Waals surface area contributed by atoms with Gasteiger partial charge in [0.05, 0.1) is 22.4 Å². The lowest BCUT2D eigenvalue weighted by atomic mass is 9.82. The van der Waals surface area contributed by atoms with Crippen LogP contribution in [0.2, 0.25) is 0 Å². The molecule has 0 radical (unpaired) electrons. The van der Waals surface area contributed by atoms with Crippen LogP contribution < -0.4 is 4.90 Å². The van der Waals surface area contributed by atoms with Gasteiger partial charge in [0.25, 0.3) is 0 Å². The second-order valence-electron chi connectivity index (χ2n) is 17.1. The third kappa shape index (κ3) is 6.79. The summed E-state index contributed by atoms with van der Waals surface area (Å²) in [4.78, 5) is 2.48. The van der Waals surface area contributed by atoms with Crippen molar-refractivity contribution in [3.8, 4) is 44.5 Å². The highest BCUT2D eigenvalue weighted by Crippen LogP contribution is 2.56. The topological polar surface area (TPSA) is 16.4 Å². The second-order valence-corrected chi connectivity index (χ2v) is 17.1. The number of aryl methyl sites for hydroxylation is 3. The second kappa shape index (κ2) is 15.9. The fraction of sp³-hybridized carbons (Fsp3) is 0.100. The van der Waals surface area contributed by atoms with E-state index in [0.717, 1.165) is 44.6 Å². The summed E-state index contributed by atoms with van der Waals surface area (Å²) < 4.78 is 6.79. The standard InChI is InChI=1S/C53H41NO.C7H8/c1-34-16-8-9-19-39(34)40-30-28-37(32-35(40)2)38-29-31-43-50(33-38)55-49-27-15-26-48(52(43)49)54(46-24-13-11-20-41(46)36-17-6-5-7-18-36)47-25-14-23-45-51(47)42-21-10-12-22-44(42)53(45,3)4;1-7-5-3-2-4-6-7/h5-33H,1-4H3;2-6H,1H3. The highest BCUT2D eigenvalue weighted by Gasteiger charge is 2.38. The number of hydrogen-bond donors (Lipinski definition) is 0. The van der Waals surface area contributed by atoms with E-state index in [1.54, 1.807) is 0 Å². The van der Waals surface area contributed by atoms with Gasteiger partial charge in [-0.2, -0.15) is 0 Å². The number of furan rings is 1. The predicted octanol–water partition coefficient (Wildman–Crippen LogP) is 17.0. The van der Waals surface area contributed by atoms with Crippen molar-refractivity contribution in [1.29, 1.82) is 0 Å². The monoisotopic (exact) mass is 799 g/mol. The Kier molecular flexibility index (Phi) is 9.93. The normalized spacial score (nSPS) is 12.4. The van der Waals surface area contributed by atoms with E-state index in [2.05, 4.69) is 228 Å². The summed E-state index contributed by atoms with van der Waals surface area (Å²) in [6, 6.07) is 74.1. The molecule has 10 aromatic rings. The molecule has 0 fully saturated rings. The molecular formula is C60H49NO. The average Bonchev–Trinajstić information content (AvgIpc) is 3.80. The Labute approximate surface area is 365 Å². The van der Waals surface area contributed by atoms with Crippen molar-refractivity contribution in [3.63, 3.8) is 0 Å². The van der Waals surface area contributed by atoms with Gasteiger partial charge in [0.1, 0.15) is 11.2 Å². The predicted molar refractivity (Wildman–Crippen MR) is 263 cm³/mol. The lowest BCUT2D eigenvalue weighted by Gasteiger charge is -2.31. The first-order valence-electron chi connectivity index (χ1n) is 21.6. The van der Waals surface area contributed by atoms with Crippen molar-refractivity contribution in [2.24, 2.45) is 0 Å². The van der Waals surface area contributed by atoms with Crippen molar-refractivity contribution in [1.82, 2.24) is 0 Å². The molecule has 2 nitrogen and oxygen atoms in total. The van der Waals surface area contributed by atoms with Gasteiger partial charge in [0, 0.05) is 21.9 Å². The van der Waals surface area contributed by atoms with Crippen LogP contribution in [0.5, 0.6) is 0 Å². The molecule has 0 unspecified atom stereocenters. The summed E-state index contributed by atoms with van der Waals surface area (Å²) in [5.74, 6) is 0. The summed E-state index contributed by atoms with van der Waals surface area (Å²) in [6.45, 7) is 11.2. The Morgan fingerprint density at radius 3 is 1.71 bits per heavy atom. The molecule has 1 heterocycles. The summed E-state index contributed by atoms with van der Waals surface area (Å²) in [5, 5.41) is 2.19. The van der Waals surface area contributed by atoms with Crippen LogP contribution in [-0.2, 0) is 5.41 Å².